The monoisotopic (exact) mass is 393 g/mol. The highest BCUT2D eigenvalue weighted by Gasteiger charge is 2.16. The van der Waals surface area contributed by atoms with Crippen LogP contribution in [0.2, 0.25) is 0 Å². The molecule has 0 aromatic carbocycles. The Morgan fingerprint density at radius 2 is 1.31 bits per heavy atom. The Hall–Kier alpha value is -0.320. The minimum atomic E-state index is -0.0472. The molecule has 0 aliphatic carbocycles. The molecular weight excluding hydrogens is 350 g/mol. The zero-order valence-corrected chi connectivity index (χ0v) is 18.6. The Labute approximate surface area is 169 Å². The van der Waals surface area contributed by atoms with Crippen molar-refractivity contribution in [2.45, 2.75) is 90.9 Å². The molecule has 0 bridgehead atoms. The van der Waals surface area contributed by atoms with Gasteiger partial charge in [0.15, 0.2) is 6.73 Å². The quantitative estimate of drug-likeness (QED) is 0.155. The minimum Gasteiger partial charge on any atom is -1.00 e. The number of hydrogen-bond donors (Lipinski definition) is 0. The van der Waals surface area contributed by atoms with Crippen LogP contribution >= 0.6 is 0 Å². The van der Waals surface area contributed by atoms with Gasteiger partial charge in [-0.05, 0) is 12.8 Å². The number of quaternary nitrogens is 1. The molecule has 4 nitrogen and oxygen atoms in total. The summed E-state index contributed by atoms with van der Waals surface area (Å²) in [5, 5.41) is 0. The molecule has 0 N–H and O–H groups in total. The van der Waals surface area contributed by atoms with Crippen LogP contribution in [-0.4, -0.2) is 51.0 Å². The summed E-state index contributed by atoms with van der Waals surface area (Å²) in [6.45, 7) is 7.26. The molecule has 0 radical (unpaired) electrons. The van der Waals surface area contributed by atoms with E-state index in [1.807, 2.05) is 0 Å². The summed E-state index contributed by atoms with van der Waals surface area (Å²) in [5.74, 6) is -0.0472. The van der Waals surface area contributed by atoms with Gasteiger partial charge < -0.3 is 26.4 Å². The Bertz CT molecular complexity index is 312. The van der Waals surface area contributed by atoms with E-state index < -0.39 is 0 Å². The number of esters is 1. The third kappa shape index (κ3) is 20.0. The molecule has 0 unspecified atom stereocenters. The molecule has 0 heterocycles. The lowest BCUT2D eigenvalue weighted by Crippen LogP contribution is -3.00. The second-order valence-corrected chi connectivity index (χ2v) is 7.85. The van der Waals surface area contributed by atoms with Crippen LogP contribution < -0.4 is 12.4 Å². The Morgan fingerprint density at radius 1 is 0.769 bits per heavy atom. The van der Waals surface area contributed by atoms with Crippen LogP contribution in [0.4, 0.5) is 0 Å². The fraction of sp³-hybridized carbons (Fsp3) is 0.952. The van der Waals surface area contributed by atoms with Crippen LogP contribution in [0.15, 0.2) is 0 Å². The number of rotatable bonds is 18. The van der Waals surface area contributed by atoms with Crippen molar-refractivity contribution in [3.8, 4) is 0 Å². The molecule has 0 saturated carbocycles. The highest BCUT2D eigenvalue weighted by atomic mass is 35.5. The van der Waals surface area contributed by atoms with Crippen LogP contribution in [0.5, 0.6) is 0 Å². The molecule has 0 spiro atoms. The van der Waals surface area contributed by atoms with Crippen LogP contribution in [0.3, 0.4) is 0 Å². The molecule has 0 aliphatic heterocycles. The van der Waals surface area contributed by atoms with Crippen molar-refractivity contribution in [3.63, 3.8) is 0 Å². The van der Waals surface area contributed by atoms with Gasteiger partial charge in [0.2, 0.25) is 0 Å². The Morgan fingerprint density at radius 3 is 1.92 bits per heavy atom. The molecule has 0 atom stereocenters. The number of halogens is 1. The molecule has 26 heavy (non-hydrogen) atoms. The predicted octanol–water partition coefficient (Wildman–Crippen LogP) is 2.31. The highest BCUT2D eigenvalue weighted by Crippen LogP contribution is 2.09. The van der Waals surface area contributed by atoms with Gasteiger partial charge in [-0.15, -0.1) is 0 Å². The largest absolute Gasteiger partial charge is 1.00 e. The van der Waals surface area contributed by atoms with Crippen molar-refractivity contribution >= 4 is 5.97 Å². The van der Waals surface area contributed by atoms with Crippen LogP contribution in [0, 0.1) is 0 Å². The standard InChI is InChI=1S/C21H44NO3.ClH/c1-5-7-9-11-12-13-14-16-21(23)25-19-17-22(3,4)20-24-18-15-10-8-6-2;/h5-20H2,1-4H3;1H/q+1;/p-1. The van der Waals surface area contributed by atoms with Crippen LogP contribution in [0.1, 0.15) is 90.9 Å². The molecule has 5 heteroatoms. The zero-order chi connectivity index (χ0) is 18.8. The minimum absolute atomic E-state index is 0. The van der Waals surface area contributed by atoms with Gasteiger partial charge in [-0.1, -0.05) is 71.6 Å². The fourth-order valence-corrected chi connectivity index (χ4v) is 2.71. The fourth-order valence-electron chi connectivity index (χ4n) is 2.71. The molecule has 0 aliphatic rings. The topological polar surface area (TPSA) is 35.5 Å². The molecule has 158 valence electrons. The van der Waals surface area contributed by atoms with Gasteiger partial charge in [0.1, 0.15) is 13.2 Å². The van der Waals surface area contributed by atoms with Crippen molar-refractivity contribution in [1.29, 1.82) is 0 Å². The van der Waals surface area contributed by atoms with E-state index in [2.05, 4.69) is 27.9 Å². The summed E-state index contributed by atoms with van der Waals surface area (Å²) in [6.07, 6.45) is 14.1. The summed E-state index contributed by atoms with van der Waals surface area (Å²) in [7, 11) is 4.24. The van der Waals surface area contributed by atoms with Crippen molar-refractivity contribution < 1.29 is 31.2 Å². The van der Waals surface area contributed by atoms with Gasteiger partial charge in [-0.3, -0.25) is 4.79 Å². The van der Waals surface area contributed by atoms with Gasteiger partial charge in [0, 0.05) is 6.42 Å². The number of carbonyl (C=O) groups is 1. The zero-order valence-electron chi connectivity index (χ0n) is 17.9. The predicted molar refractivity (Wildman–Crippen MR) is 106 cm³/mol. The van der Waals surface area contributed by atoms with Gasteiger partial charge in [0.05, 0.1) is 20.7 Å². The van der Waals surface area contributed by atoms with E-state index in [9.17, 15) is 4.79 Å². The van der Waals surface area contributed by atoms with Crippen molar-refractivity contribution in [1.82, 2.24) is 0 Å². The van der Waals surface area contributed by atoms with Gasteiger partial charge in [-0.25, -0.2) is 0 Å². The van der Waals surface area contributed by atoms with Crippen molar-refractivity contribution in [2.24, 2.45) is 0 Å². The highest BCUT2D eigenvalue weighted by molar-refractivity contribution is 5.69. The van der Waals surface area contributed by atoms with E-state index in [1.54, 1.807) is 0 Å². The maximum absolute atomic E-state index is 11.8. The third-order valence-electron chi connectivity index (χ3n) is 4.53. The van der Waals surface area contributed by atoms with Crippen LogP contribution in [-0.2, 0) is 14.3 Å². The Kier molecular flexibility index (Phi) is 20.9. The maximum atomic E-state index is 11.8. The van der Waals surface area contributed by atoms with E-state index >= 15 is 0 Å². The molecule has 0 fully saturated rings. The molecule has 0 aromatic rings. The number of hydrogen-bond acceptors (Lipinski definition) is 3. The number of likely N-dealkylation sites (N-methyl/N-ethyl adjacent to an activating group) is 1. The summed E-state index contributed by atoms with van der Waals surface area (Å²) in [6, 6.07) is 0. The summed E-state index contributed by atoms with van der Waals surface area (Å²) in [4.78, 5) is 11.8. The average molecular weight is 394 g/mol. The summed E-state index contributed by atoms with van der Waals surface area (Å²) >= 11 is 0. The van der Waals surface area contributed by atoms with Gasteiger partial charge in [-0.2, -0.15) is 0 Å². The van der Waals surface area contributed by atoms with Gasteiger partial charge >= 0.3 is 5.97 Å². The lowest BCUT2D eigenvalue weighted by Gasteiger charge is -2.28. The second kappa shape index (κ2) is 19.4. The lowest BCUT2D eigenvalue weighted by atomic mass is 10.1. The van der Waals surface area contributed by atoms with Gasteiger partial charge in [0.25, 0.3) is 0 Å². The summed E-state index contributed by atoms with van der Waals surface area (Å²) in [5.41, 5.74) is 0. The van der Waals surface area contributed by atoms with E-state index in [4.69, 9.17) is 9.47 Å². The third-order valence-corrected chi connectivity index (χ3v) is 4.53. The van der Waals surface area contributed by atoms with Crippen molar-refractivity contribution in [2.75, 3.05) is 40.6 Å². The number of ether oxygens (including phenoxy) is 2. The Balaban J connectivity index is 0. The first kappa shape index (κ1) is 27.9. The number of unbranched alkanes of at least 4 members (excludes halogenated alkanes) is 9. The van der Waals surface area contributed by atoms with Crippen molar-refractivity contribution in [3.05, 3.63) is 0 Å². The number of nitrogens with zero attached hydrogens (tertiary/aromatic N) is 1. The SMILES string of the molecule is CCCCCCCCCC(=O)OCC[N+](C)(C)COCCCCCC.[Cl-]. The lowest BCUT2D eigenvalue weighted by molar-refractivity contribution is -0.909. The maximum Gasteiger partial charge on any atom is 0.305 e. The smallest absolute Gasteiger partial charge is 0.305 e. The molecular formula is C21H44ClNO3. The van der Waals surface area contributed by atoms with E-state index in [-0.39, 0.29) is 18.4 Å². The normalized spacial score (nSPS) is 11.2. The van der Waals surface area contributed by atoms with Crippen LogP contribution in [0.25, 0.3) is 0 Å². The molecule has 0 rings (SSSR count). The second-order valence-electron chi connectivity index (χ2n) is 7.85. The van der Waals surface area contributed by atoms with E-state index in [0.717, 1.165) is 36.9 Å². The molecule has 0 aromatic heterocycles. The first-order chi connectivity index (χ1) is 12.0. The van der Waals surface area contributed by atoms with E-state index in [1.165, 1.54) is 51.4 Å². The summed E-state index contributed by atoms with van der Waals surface area (Å²) < 4.78 is 11.9. The average Bonchev–Trinajstić information content (AvgIpc) is 2.57. The molecule has 0 saturated heterocycles. The number of carbonyl (C=O) groups excluding carboxylic acids is 1. The first-order valence-electron chi connectivity index (χ1n) is 10.6. The first-order valence-corrected chi connectivity index (χ1v) is 10.6. The van der Waals surface area contributed by atoms with E-state index in [0.29, 0.717) is 19.8 Å². The molecule has 0 amide bonds.